The van der Waals surface area contributed by atoms with Gasteiger partial charge >= 0.3 is 144 Å². The maximum Gasteiger partial charge on any atom is 0.485 e. The van der Waals surface area contributed by atoms with Crippen LogP contribution in [0.2, 0.25) is 5.82 Å². The summed E-state index contributed by atoms with van der Waals surface area (Å²) >= 11 is 2.82. The quantitative estimate of drug-likeness (QED) is 0.275. The van der Waals surface area contributed by atoms with Crippen molar-refractivity contribution < 1.29 is 26.1 Å². The van der Waals surface area contributed by atoms with Gasteiger partial charge in [-0.3, -0.25) is 0 Å². The van der Waals surface area contributed by atoms with Gasteiger partial charge in [0.05, 0.1) is 0 Å². The molecule has 0 saturated heterocycles. The van der Waals surface area contributed by atoms with Gasteiger partial charge in [-0.15, -0.1) is 0 Å². The van der Waals surface area contributed by atoms with Gasteiger partial charge in [0.2, 0.25) is 0 Å². The average molecular weight is 552 g/mol. The van der Waals surface area contributed by atoms with E-state index < -0.39 is 29.5 Å². The van der Waals surface area contributed by atoms with Crippen molar-refractivity contribution in [3.63, 3.8) is 0 Å². The standard InChI is InChI=1S/C19H16BrSe.CHF3O3S/c1-21(15-5-3-2-4-6-15)17-12-10-14-8-7-13-9-11-16(20)19(17)18(13)14;2-1(3,4)8(5,6)7/h2-6,9-12H,7-8H2,1H3;(H,5,6,7)/q+1;/p-1. The minimum Gasteiger partial charge on any atom is -0.741 e. The minimum absolute atomic E-state index is 0.986. The molecular formula is C20H16BrF3O3SSe. The zero-order valence-electron chi connectivity index (χ0n) is 15.2. The molecule has 4 rings (SSSR count). The van der Waals surface area contributed by atoms with E-state index in [4.69, 9.17) is 13.0 Å². The molecule has 0 spiro atoms. The molecule has 3 aromatic carbocycles. The van der Waals surface area contributed by atoms with Crippen molar-refractivity contribution >= 4 is 59.6 Å². The molecule has 0 amide bonds. The fourth-order valence-corrected chi connectivity index (χ4v) is 7.48. The zero-order valence-corrected chi connectivity index (χ0v) is 19.3. The van der Waals surface area contributed by atoms with Crippen molar-refractivity contribution in [2.45, 2.75) is 24.2 Å². The summed E-state index contributed by atoms with van der Waals surface area (Å²) in [6.45, 7) is 0. The zero-order chi connectivity index (χ0) is 21.4. The smallest absolute Gasteiger partial charge is 0.485 e. The molecule has 0 radical (unpaired) electrons. The first kappa shape index (κ1) is 22.3. The average Bonchev–Trinajstić information content (AvgIpc) is 3.08. The fourth-order valence-electron chi connectivity index (χ4n) is 3.26. The molecule has 0 fully saturated rings. The second-order valence-corrected chi connectivity index (χ2v) is 12.7. The Bertz CT molecular complexity index is 1140. The first-order chi connectivity index (χ1) is 13.5. The number of hydrogen-bond donors (Lipinski definition) is 0. The third-order valence-corrected chi connectivity index (χ3v) is 10.00. The molecule has 1 aliphatic rings. The number of hydrogen-bond acceptors (Lipinski definition) is 3. The Kier molecular flexibility index (Phi) is 6.46. The fraction of sp³-hybridized carbons (Fsp3) is 0.200. The summed E-state index contributed by atoms with van der Waals surface area (Å²) in [6.07, 6.45) is 2.39. The van der Waals surface area contributed by atoms with Gasteiger partial charge in [-0.2, -0.15) is 13.2 Å². The molecule has 0 aliphatic heterocycles. The summed E-state index contributed by atoms with van der Waals surface area (Å²) in [5, 5.41) is 2.99. The van der Waals surface area contributed by atoms with Crippen LogP contribution in [-0.2, 0) is 23.0 Å². The molecule has 1 unspecified atom stereocenters. The molecular weight excluding hydrogens is 536 g/mol. The first-order valence-electron chi connectivity index (χ1n) is 8.47. The maximum atomic E-state index is 10.7. The van der Waals surface area contributed by atoms with E-state index in [0.717, 1.165) is 0 Å². The van der Waals surface area contributed by atoms with Crippen LogP contribution in [0.1, 0.15) is 11.1 Å². The van der Waals surface area contributed by atoms with Crippen LogP contribution in [0.15, 0.2) is 59.1 Å². The molecule has 1 aliphatic carbocycles. The SMILES string of the molecule is C[Se+](c1ccccc1)c1ccc2c3c(ccc(Br)c13)CC2.O=S(=O)([O-])C(F)(F)F. The normalized spacial score (nSPS) is 14.4. The van der Waals surface area contributed by atoms with Gasteiger partial charge in [0.1, 0.15) is 0 Å². The van der Waals surface area contributed by atoms with Gasteiger partial charge < -0.3 is 4.55 Å². The number of rotatable bonds is 2. The predicted molar refractivity (Wildman–Crippen MR) is 112 cm³/mol. The summed E-state index contributed by atoms with van der Waals surface area (Å²) in [7, 11) is -6.09. The van der Waals surface area contributed by atoms with E-state index in [1.54, 1.807) is 4.46 Å². The van der Waals surface area contributed by atoms with Crippen LogP contribution in [0.3, 0.4) is 0 Å². The Morgan fingerprint density at radius 1 is 0.931 bits per heavy atom. The van der Waals surface area contributed by atoms with E-state index in [1.807, 2.05) is 0 Å². The van der Waals surface area contributed by atoms with Gasteiger partial charge in [0.15, 0.2) is 10.1 Å². The Labute approximate surface area is 179 Å². The Morgan fingerprint density at radius 2 is 1.45 bits per heavy atom. The van der Waals surface area contributed by atoms with Crippen LogP contribution in [-0.4, -0.2) is 32.4 Å². The van der Waals surface area contributed by atoms with Crippen molar-refractivity contribution in [2.75, 3.05) is 0 Å². The third kappa shape index (κ3) is 4.70. The number of alkyl halides is 3. The number of halogens is 4. The van der Waals surface area contributed by atoms with Gasteiger partial charge in [0.25, 0.3) is 0 Å². The van der Waals surface area contributed by atoms with Crippen LogP contribution in [0.4, 0.5) is 13.2 Å². The van der Waals surface area contributed by atoms with E-state index in [9.17, 15) is 13.2 Å². The second-order valence-electron chi connectivity index (χ2n) is 6.40. The summed E-state index contributed by atoms with van der Waals surface area (Å²) in [6, 6.07) is 20.3. The van der Waals surface area contributed by atoms with Crippen molar-refractivity contribution in [2.24, 2.45) is 0 Å². The number of aryl methyl sites for hydroxylation is 2. The molecule has 0 saturated carbocycles. The van der Waals surface area contributed by atoms with Gasteiger partial charge in [0, 0.05) is 0 Å². The van der Waals surface area contributed by atoms with Gasteiger partial charge in [-0.25, -0.2) is 8.42 Å². The van der Waals surface area contributed by atoms with E-state index >= 15 is 0 Å². The van der Waals surface area contributed by atoms with Crippen molar-refractivity contribution in [1.29, 1.82) is 0 Å². The molecule has 0 heterocycles. The van der Waals surface area contributed by atoms with E-state index in [2.05, 4.69) is 76.3 Å². The van der Waals surface area contributed by atoms with Crippen molar-refractivity contribution in [3.8, 4) is 0 Å². The molecule has 3 aromatic rings. The van der Waals surface area contributed by atoms with Crippen molar-refractivity contribution in [3.05, 3.63) is 70.2 Å². The van der Waals surface area contributed by atoms with Crippen molar-refractivity contribution in [1.82, 2.24) is 0 Å². The molecule has 0 bridgehead atoms. The molecule has 1 atom stereocenters. The summed E-state index contributed by atoms with van der Waals surface area (Å²) in [5.74, 6) is 2.43. The predicted octanol–water partition coefficient (Wildman–Crippen LogP) is 3.99. The van der Waals surface area contributed by atoms with Gasteiger partial charge in [-0.1, -0.05) is 0 Å². The molecule has 29 heavy (non-hydrogen) atoms. The Morgan fingerprint density at radius 3 is 1.97 bits per heavy atom. The molecule has 154 valence electrons. The van der Waals surface area contributed by atoms with Crippen LogP contribution < -0.4 is 8.92 Å². The van der Waals surface area contributed by atoms with Gasteiger partial charge in [-0.05, 0) is 0 Å². The Balaban J connectivity index is 0.000000258. The number of benzene rings is 3. The van der Waals surface area contributed by atoms with Crippen LogP contribution in [0.25, 0.3) is 10.8 Å². The van der Waals surface area contributed by atoms with Crippen LogP contribution in [0, 0.1) is 0 Å². The van der Waals surface area contributed by atoms with Crippen LogP contribution >= 0.6 is 15.9 Å². The summed E-state index contributed by atoms with van der Waals surface area (Å²) in [4.78, 5) is 0. The maximum absolute atomic E-state index is 10.7. The second kappa shape index (κ2) is 8.40. The Hall–Kier alpha value is -1.38. The first-order valence-corrected chi connectivity index (χ1v) is 14.1. The molecule has 9 heteroatoms. The van der Waals surface area contributed by atoms with E-state index in [0.29, 0.717) is 0 Å². The molecule has 3 nitrogen and oxygen atoms in total. The molecule has 0 aromatic heterocycles. The van der Waals surface area contributed by atoms with E-state index in [1.165, 1.54) is 43.7 Å². The third-order valence-electron chi connectivity index (χ3n) is 4.62. The summed E-state index contributed by atoms with van der Waals surface area (Å²) < 4.78 is 63.2. The monoisotopic (exact) mass is 552 g/mol. The molecule has 0 N–H and O–H groups in total. The topological polar surface area (TPSA) is 57.2 Å². The largest absolute Gasteiger partial charge is 0.741 e. The van der Waals surface area contributed by atoms with E-state index in [-0.39, 0.29) is 0 Å². The summed E-state index contributed by atoms with van der Waals surface area (Å²) in [5.41, 5.74) is -2.60. The van der Waals surface area contributed by atoms with Crippen LogP contribution in [0.5, 0.6) is 0 Å². The minimum atomic E-state index is -6.09.